The van der Waals surface area contributed by atoms with Crippen molar-refractivity contribution in [1.29, 1.82) is 0 Å². The molecule has 2 atom stereocenters. The van der Waals surface area contributed by atoms with E-state index in [1.807, 2.05) is 6.92 Å². The quantitative estimate of drug-likeness (QED) is 0.595. The molecule has 0 fully saturated rings. The molecular formula is C7H14O3S. The molecule has 0 rings (SSSR count). The smallest absolute Gasteiger partial charge is 0.321 e. The molecule has 3 nitrogen and oxygen atoms in total. The van der Waals surface area contributed by atoms with Gasteiger partial charge in [-0.05, 0) is 13.3 Å². The summed E-state index contributed by atoms with van der Waals surface area (Å²) in [5, 5.41) is -0.449. The fraction of sp³-hybridized carbons (Fsp3) is 0.857. The third kappa shape index (κ3) is 3.51. The first-order valence-corrected chi connectivity index (χ1v) is 5.24. The Balaban J connectivity index is 4.03. The third-order valence-electron chi connectivity index (χ3n) is 1.32. The summed E-state index contributed by atoms with van der Waals surface area (Å²) in [6.45, 7) is 3.92. The van der Waals surface area contributed by atoms with Crippen LogP contribution in [0, 0.1) is 0 Å². The number of carbonyl (C=O) groups is 1. The Bertz CT molecular complexity index is 156. The molecule has 0 amide bonds. The number of hydrogen-bond donors (Lipinski definition) is 0. The summed E-state index contributed by atoms with van der Waals surface area (Å²) in [6.07, 6.45) is 2.09. The average Bonchev–Trinajstić information content (AvgIpc) is 1.88. The van der Waals surface area contributed by atoms with Crippen LogP contribution in [-0.2, 0) is 20.3 Å². The molecule has 0 aromatic heterocycles. The third-order valence-corrected chi connectivity index (χ3v) is 2.65. The van der Waals surface area contributed by atoms with Gasteiger partial charge < -0.3 is 4.74 Å². The summed E-state index contributed by atoms with van der Waals surface area (Å²) in [5.41, 5.74) is 0. The summed E-state index contributed by atoms with van der Waals surface area (Å²) in [6, 6.07) is 0. The van der Waals surface area contributed by atoms with Crippen molar-refractivity contribution >= 4 is 16.8 Å². The molecule has 2 unspecified atom stereocenters. The van der Waals surface area contributed by atoms with Crippen molar-refractivity contribution in [3.63, 3.8) is 0 Å². The molecule has 0 spiro atoms. The van der Waals surface area contributed by atoms with E-state index in [0.717, 1.165) is 0 Å². The van der Waals surface area contributed by atoms with Crippen LogP contribution < -0.4 is 0 Å². The zero-order valence-electron chi connectivity index (χ0n) is 7.12. The fourth-order valence-corrected chi connectivity index (χ4v) is 1.58. The van der Waals surface area contributed by atoms with Gasteiger partial charge in [0.1, 0.15) is 5.25 Å². The van der Waals surface area contributed by atoms with Crippen LogP contribution in [0.25, 0.3) is 0 Å². The Labute approximate surface area is 69.6 Å². The Morgan fingerprint density at radius 2 is 2.09 bits per heavy atom. The second-order valence-corrected chi connectivity index (χ2v) is 3.71. The molecule has 66 valence electrons. The van der Waals surface area contributed by atoms with Gasteiger partial charge in [-0.25, -0.2) is 0 Å². The lowest BCUT2D eigenvalue weighted by Crippen LogP contribution is -2.26. The molecule has 0 aliphatic rings. The Kier molecular flexibility index (Phi) is 5.11. The van der Waals surface area contributed by atoms with E-state index in [1.54, 1.807) is 6.92 Å². The average molecular weight is 178 g/mol. The molecule has 0 saturated heterocycles. The highest BCUT2D eigenvalue weighted by atomic mass is 32.2. The molecule has 0 aliphatic heterocycles. The van der Waals surface area contributed by atoms with Gasteiger partial charge in [-0.15, -0.1) is 0 Å². The van der Waals surface area contributed by atoms with Gasteiger partial charge >= 0.3 is 5.97 Å². The van der Waals surface area contributed by atoms with Crippen molar-refractivity contribution in [2.24, 2.45) is 0 Å². The molecule has 0 aromatic rings. The van der Waals surface area contributed by atoms with Gasteiger partial charge in [-0.3, -0.25) is 9.00 Å². The van der Waals surface area contributed by atoms with E-state index in [-0.39, 0.29) is 5.97 Å². The number of hydrogen-bond acceptors (Lipinski definition) is 3. The normalized spacial score (nSPS) is 15.5. The second kappa shape index (κ2) is 5.29. The second-order valence-electron chi connectivity index (χ2n) is 2.15. The Morgan fingerprint density at radius 3 is 2.36 bits per heavy atom. The first-order chi connectivity index (χ1) is 5.13. The SMILES string of the molecule is CCOC(=O)C(CC)S(C)=O. The first kappa shape index (κ1) is 10.6. The van der Waals surface area contributed by atoms with Crippen LogP contribution in [0.3, 0.4) is 0 Å². The molecule has 0 aromatic carbocycles. The highest BCUT2D eigenvalue weighted by Gasteiger charge is 2.20. The van der Waals surface area contributed by atoms with Gasteiger partial charge in [0, 0.05) is 17.1 Å². The van der Waals surface area contributed by atoms with Gasteiger partial charge in [0.05, 0.1) is 6.61 Å². The fourth-order valence-electron chi connectivity index (χ4n) is 0.772. The van der Waals surface area contributed by atoms with Crippen molar-refractivity contribution in [2.45, 2.75) is 25.5 Å². The lowest BCUT2D eigenvalue weighted by atomic mass is 10.3. The van der Waals surface area contributed by atoms with Gasteiger partial charge in [0.25, 0.3) is 0 Å². The van der Waals surface area contributed by atoms with Gasteiger partial charge in [0.2, 0.25) is 0 Å². The van der Waals surface area contributed by atoms with Crippen LogP contribution >= 0.6 is 0 Å². The molecule has 0 heterocycles. The van der Waals surface area contributed by atoms with Gasteiger partial charge in [-0.1, -0.05) is 6.92 Å². The predicted molar refractivity (Wildman–Crippen MR) is 44.8 cm³/mol. The van der Waals surface area contributed by atoms with E-state index >= 15 is 0 Å². The molecule has 0 radical (unpaired) electrons. The zero-order valence-corrected chi connectivity index (χ0v) is 7.94. The van der Waals surface area contributed by atoms with Crippen molar-refractivity contribution in [3.8, 4) is 0 Å². The van der Waals surface area contributed by atoms with Crippen LogP contribution in [-0.4, -0.2) is 28.3 Å². The van der Waals surface area contributed by atoms with Crippen LogP contribution in [0.5, 0.6) is 0 Å². The minimum absolute atomic E-state index is 0.351. The molecule has 0 aliphatic carbocycles. The van der Waals surface area contributed by atoms with E-state index in [1.165, 1.54) is 6.26 Å². The maximum Gasteiger partial charge on any atom is 0.321 e. The topological polar surface area (TPSA) is 43.4 Å². The van der Waals surface area contributed by atoms with E-state index in [9.17, 15) is 9.00 Å². The number of esters is 1. The summed E-state index contributed by atoms with van der Waals surface area (Å²) in [5.74, 6) is -0.351. The Hall–Kier alpha value is -0.380. The highest BCUT2D eigenvalue weighted by molar-refractivity contribution is 7.85. The molecule has 11 heavy (non-hydrogen) atoms. The zero-order chi connectivity index (χ0) is 8.85. The highest BCUT2D eigenvalue weighted by Crippen LogP contribution is 2.02. The molecule has 0 saturated carbocycles. The number of ether oxygens (including phenoxy) is 1. The largest absolute Gasteiger partial charge is 0.465 e. The summed E-state index contributed by atoms with van der Waals surface area (Å²) >= 11 is 0. The van der Waals surface area contributed by atoms with E-state index in [2.05, 4.69) is 0 Å². The van der Waals surface area contributed by atoms with Crippen molar-refractivity contribution in [2.75, 3.05) is 12.9 Å². The molecule has 0 bridgehead atoms. The van der Waals surface area contributed by atoms with Crippen molar-refractivity contribution in [3.05, 3.63) is 0 Å². The lowest BCUT2D eigenvalue weighted by Gasteiger charge is -2.09. The molecule has 4 heteroatoms. The summed E-state index contributed by atoms with van der Waals surface area (Å²) in [7, 11) is -1.11. The number of rotatable bonds is 4. The van der Waals surface area contributed by atoms with E-state index < -0.39 is 16.0 Å². The van der Waals surface area contributed by atoms with Crippen LogP contribution in [0.4, 0.5) is 0 Å². The Morgan fingerprint density at radius 1 is 1.55 bits per heavy atom. The predicted octanol–water partition coefficient (Wildman–Crippen LogP) is 0.707. The molecular weight excluding hydrogens is 164 g/mol. The first-order valence-electron chi connectivity index (χ1n) is 3.62. The van der Waals surface area contributed by atoms with Crippen LogP contribution in [0.1, 0.15) is 20.3 Å². The minimum atomic E-state index is -1.11. The van der Waals surface area contributed by atoms with Crippen molar-refractivity contribution in [1.82, 2.24) is 0 Å². The van der Waals surface area contributed by atoms with Gasteiger partial charge in [-0.2, -0.15) is 0 Å². The monoisotopic (exact) mass is 178 g/mol. The maximum atomic E-state index is 11.0. The van der Waals surface area contributed by atoms with Crippen LogP contribution in [0.2, 0.25) is 0 Å². The molecule has 0 N–H and O–H groups in total. The van der Waals surface area contributed by atoms with Gasteiger partial charge in [0.15, 0.2) is 0 Å². The summed E-state index contributed by atoms with van der Waals surface area (Å²) < 4.78 is 15.6. The number of carbonyl (C=O) groups excluding carboxylic acids is 1. The van der Waals surface area contributed by atoms with E-state index in [4.69, 9.17) is 4.74 Å². The van der Waals surface area contributed by atoms with Crippen LogP contribution in [0.15, 0.2) is 0 Å². The lowest BCUT2D eigenvalue weighted by molar-refractivity contribution is -0.142. The maximum absolute atomic E-state index is 11.0. The van der Waals surface area contributed by atoms with E-state index in [0.29, 0.717) is 13.0 Å². The minimum Gasteiger partial charge on any atom is -0.465 e. The summed E-state index contributed by atoms with van der Waals surface area (Å²) in [4.78, 5) is 11.0. The standard InChI is InChI=1S/C7H14O3S/c1-4-6(11(3)9)7(8)10-5-2/h6H,4-5H2,1-3H3. The van der Waals surface area contributed by atoms with Crippen molar-refractivity contribution < 1.29 is 13.7 Å².